The molecule has 1 unspecified atom stereocenters. The van der Waals surface area contributed by atoms with Gasteiger partial charge in [-0.25, -0.2) is 4.79 Å². The molecule has 0 saturated heterocycles. The molecule has 6 nitrogen and oxygen atoms in total. The van der Waals surface area contributed by atoms with Gasteiger partial charge in [-0.05, 0) is 35.7 Å². The lowest BCUT2D eigenvalue weighted by Crippen LogP contribution is -2.39. The number of carbonyl (C=O) groups is 2. The van der Waals surface area contributed by atoms with E-state index in [2.05, 4.69) is 11.1 Å². The second kappa shape index (κ2) is 7.23. The van der Waals surface area contributed by atoms with E-state index in [1.165, 1.54) is 5.56 Å². The highest BCUT2D eigenvalue weighted by Gasteiger charge is 2.33. The fourth-order valence-corrected chi connectivity index (χ4v) is 3.87. The Hall–Kier alpha value is -3.54. The van der Waals surface area contributed by atoms with Gasteiger partial charge in [-0.1, -0.05) is 30.3 Å². The third-order valence-electron chi connectivity index (χ3n) is 5.10. The van der Waals surface area contributed by atoms with E-state index >= 15 is 0 Å². The fraction of sp³-hybridized carbons (Fsp3) is 0.182. The van der Waals surface area contributed by atoms with E-state index in [4.69, 9.17) is 9.84 Å². The molecule has 3 aromatic rings. The summed E-state index contributed by atoms with van der Waals surface area (Å²) in [5.41, 5.74) is 4.08. The molecule has 0 saturated carbocycles. The molecule has 0 spiro atoms. The Labute approximate surface area is 162 Å². The van der Waals surface area contributed by atoms with Crippen LogP contribution in [-0.2, 0) is 16.0 Å². The van der Waals surface area contributed by atoms with E-state index < -0.39 is 5.97 Å². The molecular formula is C22H20N2O4. The summed E-state index contributed by atoms with van der Waals surface area (Å²) in [6, 6.07) is 15.3. The molecule has 1 atom stereocenters. The van der Waals surface area contributed by atoms with Gasteiger partial charge in [-0.3, -0.25) is 4.79 Å². The number of para-hydroxylation sites is 1. The van der Waals surface area contributed by atoms with Crippen molar-refractivity contribution in [3.05, 3.63) is 77.5 Å². The van der Waals surface area contributed by atoms with Gasteiger partial charge in [0.1, 0.15) is 5.75 Å². The lowest BCUT2D eigenvalue weighted by molar-refractivity contribution is -0.132. The van der Waals surface area contributed by atoms with Crippen LogP contribution in [0.1, 0.15) is 22.9 Å². The molecule has 1 amide bonds. The Balaban J connectivity index is 1.86. The zero-order valence-electron chi connectivity index (χ0n) is 15.4. The SMILES string of the molecule is COc1cccc(C2c3[nH]c4ccccc4c3CCN2C(=O)/C=C\C(=O)O)c1. The largest absolute Gasteiger partial charge is 0.497 e. The van der Waals surface area contributed by atoms with Crippen LogP contribution in [0.2, 0.25) is 0 Å². The van der Waals surface area contributed by atoms with Crippen LogP contribution in [0, 0.1) is 0 Å². The first-order valence-electron chi connectivity index (χ1n) is 9.03. The summed E-state index contributed by atoms with van der Waals surface area (Å²) in [4.78, 5) is 28.8. The maximum Gasteiger partial charge on any atom is 0.328 e. The second-order valence-corrected chi connectivity index (χ2v) is 6.70. The number of carboxylic acids is 1. The average molecular weight is 376 g/mol. The molecule has 0 bridgehead atoms. The molecule has 142 valence electrons. The van der Waals surface area contributed by atoms with Gasteiger partial charge in [0.25, 0.3) is 0 Å². The highest BCUT2D eigenvalue weighted by molar-refractivity contribution is 5.95. The Kier molecular flexibility index (Phi) is 4.61. The monoisotopic (exact) mass is 376 g/mol. The van der Waals surface area contributed by atoms with Crippen LogP contribution in [-0.4, -0.2) is 40.5 Å². The molecule has 2 heterocycles. The number of fused-ring (bicyclic) bond motifs is 3. The van der Waals surface area contributed by atoms with Gasteiger partial charge in [-0.15, -0.1) is 0 Å². The number of carbonyl (C=O) groups excluding carboxylic acids is 1. The van der Waals surface area contributed by atoms with E-state index in [1.807, 2.05) is 42.5 Å². The van der Waals surface area contributed by atoms with Crippen LogP contribution in [0.3, 0.4) is 0 Å². The van der Waals surface area contributed by atoms with Crippen molar-refractivity contribution in [3.8, 4) is 5.75 Å². The molecule has 1 aliphatic rings. The normalized spacial score (nSPS) is 16.3. The molecule has 4 rings (SSSR count). The van der Waals surface area contributed by atoms with Crippen LogP contribution < -0.4 is 4.74 Å². The summed E-state index contributed by atoms with van der Waals surface area (Å²) in [5.74, 6) is -0.775. The van der Waals surface area contributed by atoms with Crippen LogP contribution in [0.25, 0.3) is 10.9 Å². The summed E-state index contributed by atoms with van der Waals surface area (Å²) in [6.45, 7) is 0.500. The number of carboxylic acid groups (broad SMARTS) is 1. The molecule has 6 heteroatoms. The van der Waals surface area contributed by atoms with Crippen molar-refractivity contribution in [2.75, 3.05) is 13.7 Å². The van der Waals surface area contributed by atoms with E-state index in [0.29, 0.717) is 18.7 Å². The fourth-order valence-electron chi connectivity index (χ4n) is 3.87. The smallest absolute Gasteiger partial charge is 0.328 e. The predicted molar refractivity (Wildman–Crippen MR) is 105 cm³/mol. The van der Waals surface area contributed by atoms with Crippen LogP contribution in [0.5, 0.6) is 5.75 Å². The lowest BCUT2D eigenvalue weighted by atomic mass is 9.92. The third-order valence-corrected chi connectivity index (χ3v) is 5.10. The van der Waals surface area contributed by atoms with Crippen molar-refractivity contribution >= 4 is 22.8 Å². The molecule has 0 aliphatic carbocycles. The van der Waals surface area contributed by atoms with Crippen molar-refractivity contribution < 1.29 is 19.4 Å². The summed E-state index contributed by atoms with van der Waals surface area (Å²) < 4.78 is 5.36. The van der Waals surface area contributed by atoms with Gasteiger partial charge in [0.15, 0.2) is 0 Å². The minimum atomic E-state index is -1.14. The molecule has 28 heavy (non-hydrogen) atoms. The van der Waals surface area contributed by atoms with Crippen molar-refractivity contribution in [1.29, 1.82) is 0 Å². The molecule has 0 fully saturated rings. The van der Waals surface area contributed by atoms with E-state index in [1.54, 1.807) is 12.0 Å². The van der Waals surface area contributed by atoms with Crippen molar-refractivity contribution in [3.63, 3.8) is 0 Å². The van der Waals surface area contributed by atoms with Gasteiger partial charge in [0.05, 0.1) is 13.2 Å². The van der Waals surface area contributed by atoms with Gasteiger partial charge in [-0.2, -0.15) is 0 Å². The summed E-state index contributed by atoms with van der Waals surface area (Å²) in [6.07, 6.45) is 2.70. The number of aliphatic carboxylic acids is 1. The highest BCUT2D eigenvalue weighted by Crippen LogP contribution is 2.39. The molecule has 1 aromatic heterocycles. The second-order valence-electron chi connectivity index (χ2n) is 6.70. The van der Waals surface area contributed by atoms with Crippen molar-refractivity contribution in [2.24, 2.45) is 0 Å². The maximum absolute atomic E-state index is 12.8. The average Bonchev–Trinajstić information content (AvgIpc) is 3.10. The van der Waals surface area contributed by atoms with E-state index in [9.17, 15) is 9.59 Å². The lowest BCUT2D eigenvalue weighted by Gasteiger charge is -2.35. The zero-order valence-corrected chi connectivity index (χ0v) is 15.4. The van der Waals surface area contributed by atoms with Gasteiger partial charge in [0, 0.05) is 35.3 Å². The molecule has 2 N–H and O–H groups in total. The van der Waals surface area contributed by atoms with Gasteiger partial charge >= 0.3 is 5.97 Å². The number of hydrogen-bond acceptors (Lipinski definition) is 3. The zero-order chi connectivity index (χ0) is 19.7. The summed E-state index contributed by atoms with van der Waals surface area (Å²) in [5, 5.41) is 10.0. The first-order chi connectivity index (χ1) is 13.6. The molecule has 1 aliphatic heterocycles. The molecular weight excluding hydrogens is 356 g/mol. The Morgan fingerprint density at radius 1 is 1.18 bits per heavy atom. The number of aromatic nitrogens is 1. The number of rotatable bonds is 4. The quantitative estimate of drug-likeness (QED) is 0.685. The maximum atomic E-state index is 12.8. The van der Waals surface area contributed by atoms with Crippen molar-refractivity contribution in [1.82, 2.24) is 9.88 Å². The number of nitrogens with one attached hydrogen (secondary N) is 1. The summed E-state index contributed by atoms with van der Waals surface area (Å²) in [7, 11) is 1.60. The number of aromatic amines is 1. The first-order valence-corrected chi connectivity index (χ1v) is 9.03. The first kappa shape index (κ1) is 17.9. The number of amides is 1. The van der Waals surface area contributed by atoms with Crippen molar-refractivity contribution in [2.45, 2.75) is 12.5 Å². The number of ether oxygens (including phenoxy) is 1. The number of H-pyrrole nitrogens is 1. The Bertz CT molecular complexity index is 1080. The van der Waals surface area contributed by atoms with Crippen LogP contribution >= 0.6 is 0 Å². The highest BCUT2D eigenvalue weighted by atomic mass is 16.5. The number of methoxy groups -OCH3 is 1. The number of benzene rings is 2. The predicted octanol–water partition coefficient (Wildman–Crippen LogP) is 3.29. The Morgan fingerprint density at radius 2 is 2.00 bits per heavy atom. The molecule has 0 radical (unpaired) electrons. The van der Waals surface area contributed by atoms with Crippen LogP contribution in [0.4, 0.5) is 0 Å². The number of nitrogens with zero attached hydrogens (tertiary/aromatic N) is 1. The molecule has 2 aromatic carbocycles. The van der Waals surface area contributed by atoms with Gasteiger partial charge in [0.2, 0.25) is 5.91 Å². The van der Waals surface area contributed by atoms with E-state index in [0.717, 1.165) is 34.3 Å². The van der Waals surface area contributed by atoms with Gasteiger partial charge < -0.3 is 19.7 Å². The summed E-state index contributed by atoms with van der Waals surface area (Å²) >= 11 is 0. The van der Waals surface area contributed by atoms with E-state index in [-0.39, 0.29) is 11.9 Å². The van der Waals surface area contributed by atoms with Crippen LogP contribution in [0.15, 0.2) is 60.7 Å². The number of hydrogen-bond donors (Lipinski definition) is 2. The Morgan fingerprint density at radius 3 is 2.79 bits per heavy atom. The third kappa shape index (κ3) is 3.13. The minimum Gasteiger partial charge on any atom is -0.497 e. The topological polar surface area (TPSA) is 82.6 Å². The standard InChI is InChI=1S/C22H20N2O4/c1-28-15-6-4-5-14(13-15)22-21-17(16-7-2-3-8-18(16)23-21)11-12-24(22)19(25)9-10-20(26)27/h2-10,13,22-23H,11-12H2,1H3,(H,26,27)/b10-9-. The minimum absolute atomic E-state index is 0.334.